The number of aryl methyl sites for hydroxylation is 1. The number of nitrogens with two attached hydrogens (primary N) is 1. The van der Waals surface area contributed by atoms with E-state index in [9.17, 15) is 0 Å². The van der Waals surface area contributed by atoms with Crippen LogP contribution in [0.5, 0.6) is 0 Å². The molecule has 2 N–H and O–H groups in total. The number of rotatable bonds is 7. The van der Waals surface area contributed by atoms with Crippen molar-refractivity contribution in [2.75, 3.05) is 18.9 Å². The minimum atomic E-state index is 0.531. The summed E-state index contributed by atoms with van der Waals surface area (Å²) in [5.41, 5.74) is 7.85. The highest BCUT2D eigenvalue weighted by atomic mass is 16.5. The molecule has 0 bridgehead atoms. The van der Waals surface area contributed by atoms with E-state index in [1.165, 1.54) is 12.8 Å². The maximum Gasteiger partial charge on any atom is 0.123 e. The summed E-state index contributed by atoms with van der Waals surface area (Å²) in [4.78, 5) is 8.24. The van der Waals surface area contributed by atoms with Gasteiger partial charge in [0.25, 0.3) is 0 Å². The number of nitrogens with zero attached hydrogens (tertiary/aromatic N) is 3. The van der Waals surface area contributed by atoms with Crippen molar-refractivity contribution in [1.82, 2.24) is 14.5 Å². The Bertz CT molecular complexity index is 563. The summed E-state index contributed by atoms with van der Waals surface area (Å²) in [6.07, 6.45) is 9.12. The normalized spacial score (nSPS) is 14.6. The molecule has 106 valence electrons. The van der Waals surface area contributed by atoms with Crippen LogP contribution in [-0.2, 0) is 11.3 Å². The molecule has 0 spiro atoms. The first-order valence-corrected chi connectivity index (χ1v) is 7.13. The van der Waals surface area contributed by atoms with E-state index in [2.05, 4.69) is 14.5 Å². The van der Waals surface area contributed by atoms with Gasteiger partial charge in [-0.25, -0.2) is 9.97 Å². The molecular weight excluding hydrogens is 252 g/mol. The van der Waals surface area contributed by atoms with Crippen LogP contribution >= 0.6 is 0 Å². The second kappa shape index (κ2) is 6.05. The Morgan fingerprint density at radius 3 is 3.10 bits per heavy atom. The second-order valence-electron chi connectivity index (χ2n) is 5.31. The summed E-state index contributed by atoms with van der Waals surface area (Å²) in [5, 5.41) is 0. The van der Waals surface area contributed by atoms with Crippen LogP contribution in [-0.4, -0.2) is 27.7 Å². The van der Waals surface area contributed by atoms with Crippen molar-refractivity contribution in [2.45, 2.75) is 25.8 Å². The average Bonchev–Trinajstić information content (AvgIpc) is 3.15. The third-order valence-electron chi connectivity index (χ3n) is 3.53. The lowest BCUT2D eigenvalue weighted by atomic mass is 10.2. The molecule has 2 aromatic heterocycles. The average molecular weight is 272 g/mol. The highest BCUT2D eigenvalue weighted by Gasteiger charge is 2.20. The van der Waals surface area contributed by atoms with E-state index in [1.807, 2.05) is 24.7 Å². The van der Waals surface area contributed by atoms with Gasteiger partial charge in [0, 0.05) is 31.5 Å². The van der Waals surface area contributed by atoms with Gasteiger partial charge in [-0.2, -0.15) is 0 Å². The fraction of sp³-hybridized carbons (Fsp3) is 0.467. The van der Waals surface area contributed by atoms with Gasteiger partial charge in [0.05, 0.1) is 18.2 Å². The molecule has 5 heteroatoms. The molecule has 0 atom stereocenters. The first kappa shape index (κ1) is 13.1. The van der Waals surface area contributed by atoms with Gasteiger partial charge in [-0.1, -0.05) is 0 Å². The van der Waals surface area contributed by atoms with Crippen LogP contribution in [0.25, 0.3) is 11.3 Å². The van der Waals surface area contributed by atoms with Crippen LogP contribution in [0.4, 0.5) is 5.82 Å². The number of aromatic nitrogens is 3. The van der Waals surface area contributed by atoms with E-state index < -0.39 is 0 Å². The van der Waals surface area contributed by atoms with E-state index in [1.54, 1.807) is 6.20 Å². The van der Waals surface area contributed by atoms with Gasteiger partial charge < -0.3 is 15.0 Å². The van der Waals surface area contributed by atoms with Gasteiger partial charge in [0.15, 0.2) is 0 Å². The third-order valence-corrected chi connectivity index (χ3v) is 3.53. The smallest absolute Gasteiger partial charge is 0.123 e. The summed E-state index contributed by atoms with van der Waals surface area (Å²) in [7, 11) is 0. The largest absolute Gasteiger partial charge is 0.384 e. The lowest BCUT2D eigenvalue weighted by molar-refractivity contribution is 0.119. The Hall–Kier alpha value is -1.88. The van der Waals surface area contributed by atoms with Gasteiger partial charge in [-0.3, -0.25) is 0 Å². The molecule has 2 aromatic rings. The SMILES string of the molecule is Nc1cc(-c2cncn2CCCOCC2CC2)ccn1. The molecule has 0 radical (unpaired) electrons. The van der Waals surface area contributed by atoms with E-state index in [0.717, 1.165) is 43.4 Å². The lowest BCUT2D eigenvalue weighted by Gasteiger charge is -2.09. The molecule has 1 aliphatic carbocycles. The first-order valence-electron chi connectivity index (χ1n) is 7.13. The predicted molar refractivity (Wildman–Crippen MR) is 78.0 cm³/mol. The summed E-state index contributed by atoms with van der Waals surface area (Å²) in [5.74, 6) is 1.36. The lowest BCUT2D eigenvalue weighted by Crippen LogP contribution is -2.05. The minimum absolute atomic E-state index is 0.531. The summed E-state index contributed by atoms with van der Waals surface area (Å²) in [6, 6.07) is 3.82. The fourth-order valence-corrected chi connectivity index (χ4v) is 2.22. The van der Waals surface area contributed by atoms with Crippen molar-refractivity contribution in [2.24, 2.45) is 5.92 Å². The Balaban J connectivity index is 1.55. The van der Waals surface area contributed by atoms with Crippen molar-refractivity contribution >= 4 is 5.82 Å². The van der Waals surface area contributed by atoms with Gasteiger partial charge >= 0.3 is 0 Å². The van der Waals surface area contributed by atoms with Crippen molar-refractivity contribution < 1.29 is 4.74 Å². The number of imidazole rings is 1. The van der Waals surface area contributed by atoms with Gasteiger partial charge in [-0.05, 0) is 37.3 Å². The fourth-order valence-electron chi connectivity index (χ4n) is 2.22. The molecule has 5 nitrogen and oxygen atoms in total. The van der Waals surface area contributed by atoms with Crippen molar-refractivity contribution in [3.8, 4) is 11.3 Å². The molecular formula is C15H20N4O. The molecule has 1 saturated carbocycles. The van der Waals surface area contributed by atoms with E-state index >= 15 is 0 Å². The van der Waals surface area contributed by atoms with Crippen molar-refractivity contribution in [1.29, 1.82) is 0 Å². The maximum absolute atomic E-state index is 5.73. The van der Waals surface area contributed by atoms with E-state index in [4.69, 9.17) is 10.5 Å². The topological polar surface area (TPSA) is 66.0 Å². The van der Waals surface area contributed by atoms with E-state index in [-0.39, 0.29) is 0 Å². The van der Waals surface area contributed by atoms with Crippen LogP contribution in [0.3, 0.4) is 0 Å². The monoisotopic (exact) mass is 272 g/mol. The molecule has 2 heterocycles. The predicted octanol–water partition coefficient (Wildman–Crippen LogP) is 2.34. The molecule has 0 unspecified atom stereocenters. The van der Waals surface area contributed by atoms with Crippen LogP contribution in [0.1, 0.15) is 19.3 Å². The number of nitrogen functional groups attached to an aromatic ring is 1. The summed E-state index contributed by atoms with van der Waals surface area (Å²) >= 11 is 0. The third kappa shape index (κ3) is 3.36. The Morgan fingerprint density at radius 2 is 2.30 bits per heavy atom. The van der Waals surface area contributed by atoms with E-state index in [0.29, 0.717) is 5.82 Å². The minimum Gasteiger partial charge on any atom is -0.384 e. The van der Waals surface area contributed by atoms with Crippen LogP contribution < -0.4 is 5.73 Å². The zero-order valence-electron chi connectivity index (χ0n) is 11.5. The first-order chi connectivity index (χ1) is 9.83. The summed E-state index contributed by atoms with van der Waals surface area (Å²) in [6.45, 7) is 2.65. The van der Waals surface area contributed by atoms with Gasteiger partial charge in [0.1, 0.15) is 5.82 Å². The van der Waals surface area contributed by atoms with Crippen LogP contribution in [0.2, 0.25) is 0 Å². The van der Waals surface area contributed by atoms with Crippen molar-refractivity contribution in [3.63, 3.8) is 0 Å². The number of ether oxygens (including phenoxy) is 1. The van der Waals surface area contributed by atoms with Gasteiger partial charge in [-0.15, -0.1) is 0 Å². The highest BCUT2D eigenvalue weighted by molar-refractivity contribution is 5.61. The zero-order chi connectivity index (χ0) is 13.8. The molecule has 0 aliphatic heterocycles. The molecule has 20 heavy (non-hydrogen) atoms. The Labute approximate surface area is 118 Å². The summed E-state index contributed by atoms with van der Waals surface area (Å²) < 4.78 is 7.79. The highest BCUT2D eigenvalue weighted by Crippen LogP contribution is 2.28. The standard InChI is InChI=1S/C15H20N4O/c16-15-8-13(4-5-18-15)14-9-17-11-19(14)6-1-7-20-10-12-2-3-12/h4-5,8-9,11-12H,1-3,6-7,10H2,(H2,16,18). The molecule has 1 fully saturated rings. The molecule has 0 aromatic carbocycles. The van der Waals surface area contributed by atoms with Crippen molar-refractivity contribution in [3.05, 3.63) is 30.9 Å². The quantitative estimate of drug-likeness (QED) is 0.786. The number of hydrogen-bond acceptors (Lipinski definition) is 4. The molecule has 0 saturated heterocycles. The zero-order valence-corrected chi connectivity index (χ0v) is 11.5. The maximum atomic E-state index is 5.73. The molecule has 3 rings (SSSR count). The van der Waals surface area contributed by atoms with Crippen LogP contribution in [0, 0.1) is 5.92 Å². The molecule has 1 aliphatic rings. The Morgan fingerprint density at radius 1 is 1.40 bits per heavy atom. The Kier molecular flexibility index (Phi) is 3.97. The van der Waals surface area contributed by atoms with Gasteiger partial charge in [0.2, 0.25) is 0 Å². The number of anilines is 1. The molecule has 0 amide bonds. The van der Waals surface area contributed by atoms with Crippen LogP contribution in [0.15, 0.2) is 30.9 Å². The number of pyridine rings is 1. The second-order valence-corrected chi connectivity index (χ2v) is 5.31. The number of hydrogen-bond donors (Lipinski definition) is 1.